The van der Waals surface area contributed by atoms with Crippen LogP contribution in [0.3, 0.4) is 0 Å². The number of ether oxygens (including phenoxy) is 2. The highest BCUT2D eigenvalue weighted by molar-refractivity contribution is 5.98. The van der Waals surface area contributed by atoms with Crippen molar-refractivity contribution >= 4 is 11.6 Å². The number of amides is 1. The minimum Gasteiger partial charge on any atom is -0.497 e. The monoisotopic (exact) mass is 444 g/mol. The van der Waals surface area contributed by atoms with E-state index >= 15 is 0 Å². The molecular weight excluding hydrogens is 412 g/mol. The van der Waals surface area contributed by atoms with Gasteiger partial charge >= 0.3 is 0 Å². The third-order valence-corrected chi connectivity index (χ3v) is 6.45. The van der Waals surface area contributed by atoms with E-state index in [1.165, 1.54) is 11.1 Å². The Morgan fingerprint density at radius 1 is 1.06 bits per heavy atom. The van der Waals surface area contributed by atoms with E-state index in [4.69, 9.17) is 9.47 Å². The van der Waals surface area contributed by atoms with Crippen LogP contribution < -0.4 is 14.4 Å². The predicted octanol–water partition coefficient (Wildman–Crippen LogP) is 5.88. The molecule has 172 valence electrons. The minimum atomic E-state index is -0.195. The molecule has 5 nitrogen and oxygen atoms in total. The number of anilines is 1. The summed E-state index contributed by atoms with van der Waals surface area (Å²) in [7, 11) is 3.27. The van der Waals surface area contributed by atoms with Gasteiger partial charge in [-0.25, -0.2) is 4.98 Å². The van der Waals surface area contributed by atoms with Crippen LogP contribution in [0.25, 0.3) is 0 Å². The normalized spacial score (nSPS) is 15.1. The van der Waals surface area contributed by atoms with Gasteiger partial charge in [0.2, 0.25) is 11.8 Å². The molecular formula is C28H32N2O3. The number of aryl methyl sites for hydroxylation is 1. The second kappa shape index (κ2) is 10.1. The Labute approximate surface area is 196 Å². The Morgan fingerprint density at radius 2 is 1.85 bits per heavy atom. The topological polar surface area (TPSA) is 51.7 Å². The zero-order valence-corrected chi connectivity index (χ0v) is 19.9. The highest BCUT2D eigenvalue weighted by Gasteiger charge is 2.31. The number of carbonyl (C=O) groups is 1. The molecule has 1 aliphatic rings. The van der Waals surface area contributed by atoms with E-state index in [-0.39, 0.29) is 11.8 Å². The molecule has 0 saturated heterocycles. The summed E-state index contributed by atoms with van der Waals surface area (Å²) in [5, 5.41) is 0. The van der Waals surface area contributed by atoms with Crippen molar-refractivity contribution in [3.63, 3.8) is 0 Å². The van der Waals surface area contributed by atoms with Crippen LogP contribution in [0.4, 0.5) is 5.69 Å². The zero-order chi connectivity index (χ0) is 23.4. The Bertz CT molecular complexity index is 1090. The van der Waals surface area contributed by atoms with Crippen LogP contribution in [-0.4, -0.2) is 25.1 Å². The molecule has 1 unspecified atom stereocenters. The Hall–Kier alpha value is -3.34. The molecule has 33 heavy (non-hydrogen) atoms. The van der Waals surface area contributed by atoms with Crippen LogP contribution in [-0.2, 0) is 17.8 Å². The summed E-state index contributed by atoms with van der Waals surface area (Å²) in [4.78, 5) is 20.3. The molecule has 4 rings (SSSR count). The van der Waals surface area contributed by atoms with Gasteiger partial charge in [-0.05, 0) is 71.7 Å². The molecule has 0 saturated carbocycles. The van der Waals surface area contributed by atoms with E-state index in [0.717, 1.165) is 41.8 Å². The molecule has 0 spiro atoms. The van der Waals surface area contributed by atoms with Crippen molar-refractivity contribution in [1.29, 1.82) is 0 Å². The van der Waals surface area contributed by atoms with Crippen LogP contribution in [0.15, 0.2) is 60.8 Å². The summed E-state index contributed by atoms with van der Waals surface area (Å²) in [6, 6.07) is 18.3. The van der Waals surface area contributed by atoms with Gasteiger partial charge in [-0.2, -0.15) is 0 Å². The number of pyridine rings is 1. The summed E-state index contributed by atoms with van der Waals surface area (Å²) < 4.78 is 10.7. The van der Waals surface area contributed by atoms with E-state index in [1.54, 1.807) is 20.4 Å². The van der Waals surface area contributed by atoms with Gasteiger partial charge in [-0.1, -0.05) is 38.1 Å². The van der Waals surface area contributed by atoms with Crippen molar-refractivity contribution in [2.45, 2.75) is 51.5 Å². The lowest BCUT2D eigenvalue weighted by Gasteiger charge is -2.31. The van der Waals surface area contributed by atoms with Gasteiger partial charge in [-0.3, -0.25) is 4.79 Å². The largest absolute Gasteiger partial charge is 0.497 e. The highest BCUT2D eigenvalue weighted by Crippen LogP contribution is 2.37. The first-order valence-corrected chi connectivity index (χ1v) is 11.6. The number of fused-ring (bicyclic) bond motifs is 1. The average Bonchev–Trinajstić information content (AvgIpc) is 2.86. The number of rotatable bonds is 7. The molecule has 3 aromatic rings. The fourth-order valence-corrected chi connectivity index (χ4v) is 4.49. The lowest BCUT2D eigenvalue weighted by Crippen LogP contribution is -2.36. The molecule has 5 heteroatoms. The summed E-state index contributed by atoms with van der Waals surface area (Å²) in [5.41, 5.74) is 5.43. The first kappa shape index (κ1) is 22.8. The Kier molecular flexibility index (Phi) is 6.97. The second-order valence-electron chi connectivity index (χ2n) is 8.89. The first-order valence-electron chi connectivity index (χ1n) is 11.6. The fraction of sp³-hybridized carbons (Fsp3) is 0.357. The van der Waals surface area contributed by atoms with Crippen molar-refractivity contribution in [2.75, 3.05) is 19.1 Å². The fourth-order valence-electron chi connectivity index (χ4n) is 4.49. The standard InChI is InChI=1S/C28H32N2O3/c1-19(2)21-9-12-23(13-10-21)30(18-20-8-15-27(33-4)29-17-20)28(31)25-7-5-6-22-11-14-24(32-3)16-26(22)25/h8-17,19,25H,5-7,18H2,1-4H3. The Morgan fingerprint density at radius 3 is 2.48 bits per heavy atom. The third kappa shape index (κ3) is 5.03. The number of methoxy groups -OCH3 is 2. The van der Waals surface area contributed by atoms with E-state index in [2.05, 4.69) is 49.2 Å². The van der Waals surface area contributed by atoms with Crippen LogP contribution in [0, 0.1) is 0 Å². The number of benzene rings is 2. The van der Waals surface area contributed by atoms with Gasteiger partial charge in [0.25, 0.3) is 0 Å². The predicted molar refractivity (Wildman–Crippen MR) is 131 cm³/mol. The molecule has 0 fully saturated rings. The van der Waals surface area contributed by atoms with Crippen LogP contribution in [0.2, 0.25) is 0 Å². The number of aromatic nitrogens is 1. The lowest BCUT2D eigenvalue weighted by molar-refractivity contribution is -0.120. The van der Waals surface area contributed by atoms with Gasteiger partial charge < -0.3 is 14.4 Å². The van der Waals surface area contributed by atoms with Crippen molar-refractivity contribution < 1.29 is 14.3 Å². The summed E-state index contributed by atoms with van der Waals surface area (Å²) in [6.45, 7) is 4.80. The van der Waals surface area contributed by atoms with Crippen molar-refractivity contribution in [1.82, 2.24) is 4.98 Å². The molecule has 1 aromatic heterocycles. The number of carbonyl (C=O) groups excluding carboxylic acids is 1. The molecule has 1 atom stereocenters. The lowest BCUT2D eigenvalue weighted by atomic mass is 9.81. The van der Waals surface area contributed by atoms with Gasteiger partial charge in [0, 0.05) is 18.0 Å². The maximum Gasteiger partial charge on any atom is 0.234 e. The summed E-state index contributed by atoms with van der Waals surface area (Å²) in [6.07, 6.45) is 4.61. The SMILES string of the molecule is COc1ccc2c(c1)C(C(=O)N(Cc1ccc(OC)nc1)c1ccc(C(C)C)cc1)CCC2. The van der Waals surface area contributed by atoms with E-state index in [0.29, 0.717) is 18.3 Å². The van der Waals surface area contributed by atoms with Crippen molar-refractivity contribution in [3.05, 3.63) is 83.0 Å². The summed E-state index contributed by atoms with van der Waals surface area (Å²) >= 11 is 0. The Balaban J connectivity index is 1.70. The number of nitrogens with zero attached hydrogens (tertiary/aromatic N) is 2. The van der Waals surface area contributed by atoms with Crippen LogP contribution in [0.5, 0.6) is 11.6 Å². The van der Waals surface area contributed by atoms with Gasteiger partial charge in [0.15, 0.2) is 0 Å². The van der Waals surface area contributed by atoms with Crippen molar-refractivity contribution in [3.8, 4) is 11.6 Å². The van der Waals surface area contributed by atoms with Crippen LogP contribution >= 0.6 is 0 Å². The van der Waals surface area contributed by atoms with Gasteiger partial charge in [0.1, 0.15) is 5.75 Å². The minimum absolute atomic E-state index is 0.109. The molecule has 0 bridgehead atoms. The van der Waals surface area contributed by atoms with E-state index in [1.807, 2.05) is 29.2 Å². The maximum atomic E-state index is 14.0. The van der Waals surface area contributed by atoms with Crippen molar-refractivity contribution in [2.24, 2.45) is 0 Å². The smallest absolute Gasteiger partial charge is 0.234 e. The quantitative estimate of drug-likeness (QED) is 0.457. The highest BCUT2D eigenvalue weighted by atomic mass is 16.5. The second-order valence-corrected chi connectivity index (χ2v) is 8.89. The van der Waals surface area contributed by atoms with E-state index in [9.17, 15) is 4.79 Å². The first-order chi connectivity index (χ1) is 16.0. The molecule has 0 aliphatic heterocycles. The molecule has 0 radical (unpaired) electrons. The molecule has 1 heterocycles. The van der Waals surface area contributed by atoms with Crippen LogP contribution in [0.1, 0.15) is 60.8 Å². The average molecular weight is 445 g/mol. The van der Waals surface area contributed by atoms with Gasteiger partial charge in [-0.15, -0.1) is 0 Å². The van der Waals surface area contributed by atoms with E-state index < -0.39 is 0 Å². The number of hydrogen-bond acceptors (Lipinski definition) is 4. The molecule has 1 amide bonds. The number of hydrogen-bond donors (Lipinski definition) is 0. The molecule has 1 aliphatic carbocycles. The zero-order valence-electron chi connectivity index (χ0n) is 19.9. The third-order valence-electron chi connectivity index (χ3n) is 6.45. The van der Waals surface area contributed by atoms with Gasteiger partial charge in [0.05, 0.1) is 26.7 Å². The summed E-state index contributed by atoms with van der Waals surface area (Å²) in [5.74, 6) is 1.70. The maximum absolute atomic E-state index is 14.0. The molecule has 0 N–H and O–H groups in total. The molecule has 2 aromatic carbocycles.